The maximum Gasteiger partial charge on any atom is 0.387 e. The molecule has 0 unspecified atom stereocenters. The summed E-state index contributed by atoms with van der Waals surface area (Å²) in [4.78, 5) is 24.1. The van der Waals surface area contributed by atoms with Gasteiger partial charge in [0.1, 0.15) is 17.3 Å². The van der Waals surface area contributed by atoms with Crippen molar-refractivity contribution in [2.75, 3.05) is 0 Å². The van der Waals surface area contributed by atoms with Crippen LogP contribution in [-0.2, 0) is 12.0 Å². The summed E-state index contributed by atoms with van der Waals surface area (Å²) >= 11 is 0. The van der Waals surface area contributed by atoms with Gasteiger partial charge in [0.15, 0.2) is 5.75 Å². The summed E-state index contributed by atoms with van der Waals surface area (Å²) in [5.41, 5.74) is 8.71. The number of nitrogens with two attached hydrogens (primary N) is 1. The number of hydrogen-bond acceptors (Lipinski definition) is 5. The highest BCUT2D eigenvalue weighted by Crippen LogP contribution is 2.43. The van der Waals surface area contributed by atoms with Crippen LogP contribution in [0.2, 0.25) is 0 Å². The van der Waals surface area contributed by atoms with Crippen LogP contribution in [0.25, 0.3) is 27.8 Å². The minimum Gasteiger partial charge on any atom is -0.433 e. The Bertz CT molecular complexity index is 1720. The molecule has 0 saturated carbocycles. The summed E-state index contributed by atoms with van der Waals surface area (Å²) < 4.78 is 49.1. The van der Waals surface area contributed by atoms with E-state index < -0.39 is 35.2 Å². The van der Waals surface area contributed by atoms with Crippen molar-refractivity contribution in [2.45, 2.75) is 56.5 Å². The number of pyridine rings is 1. The number of carbonyl (C=O) groups excluding carboxylic acids is 1. The Morgan fingerprint density at radius 1 is 1.22 bits per heavy atom. The first-order valence-corrected chi connectivity index (χ1v) is 13.1. The van der Waals surface area contributed by atoms with Crippen molar-refractivity contribution in [3.63, 3.8) is 0 Å². The lowest BCUT2D eigenvalue weighted by atomic mass is 9.48. The molecule has 0 fully saturated rings. The summed E-state index contributed by atoms with van der Waals surface area (Å²) in [7, 11) is 18.1. The summed E-state index contributed by atoms with van der Waals surface area (Å²) in [5, 5.41) is -2.13. The lowest BCUT2D eigenvalue weighted by Gasteiger charge is -2.41. The van der Waals surface area contributed by atoms with Crippen LogP contribution in [0.4, 0.5) is 13.2 Å². The molecule has 13 heteroatoms. The van der Waals surface area contributed by atoms with Gasteiger partial charge in [-0.2, -0.15) is 8.78 Å². The molecular formula is C28H23B3F3N5O2. The number of rotatable bonds is 5. The smallest absolute Gasteiger partial charge is 0.387 e. The number of benzene rings is 2. The molecule has 4 aromatic rings. The Labute approximate surface area is 238 Å². The number of fused-ring (bicyclic) bond motifs is 6. The quantitative estimate of drug-likeness (QED) is 0.380. The van der Waals surface area contributed by atoms with E-state index in [4.69, 9.17) is 34.0 Å². The van der Waals surface area contributed by atoms with E-state index in [-0.39, 0.29) is 40.3 Å². The van der Waals surface area contributed by atoms with E-state index >= 15 is 4.39 Å². The van der Waals surface area contributed by atoms with Gasteiger partial charge < -0.3 is 15.4 Å². The van der Waals surface area contributed by atoms with Gasteiger partial charge in [0.25, 0.3) is 5.91 Å². The molecule has 2 atom stereocenters. The maximum atomic E-state index is 15.7. The van der Waals surface area contributed by atoms with Gasteiger partial charge in [0.05, 0.1) is 57.4 Å². The van der Waals surface area contributed by atoms with Crippen molar-refractivity contribution in [2.24, 2.45) is 5.73 Å². The number of para-hydroxylation sites is 1. The second-order valence-electron chi connectivity index (χ2n) is 10.8. The summed E-state index contributed by atoms with van der Waals surface area (Å²) in [6, 6.07) is 7.91. The van der Waals surface area contributed by atoms with E-state index in [1.54, 1.807) is 19.2 Å². The predicted molar refractivity (Wildman–Crippen MR) is 150 cm³/mol. The van der Waals surface area contributed by atoms with Gasteiger partial charge in [0, 0.05) is 23.4 Å². The van der Waals surface area contributed by atoms with Crippen LogP contribution in [-0.4, -0.2) is 60.7 Å². The molecule has 0 saturated heterocycles. The first-order chi connectivity index (χ1) is 19.3. The maximum absolute atomic E-state index is 15.7. The summed E-state index contributed by atoms with van der Waals surface area (Å²) in [5.74, 6) is -1.35. The highest BCUT2D eigenvalue weighted by molar-refractivity contribution is 6.60. The molecule has 2 aliphatic rings. The van der Waals surface area contributed by atoms with Gasteiger partial charge in [-0.3, -0.25) is 14.3 Å². The van der Waals surface area contributed by atoms with E-state index in [9.17, 15) is 13.6 Å². The number of carbonyl (C=O) groups is 1. The van der Waals surface area contributed by atoms with Gasteiger partial charge in [-0.25, -0.2) is 9.37 Å². The second-order valence-corrected chi connectivity index (χ2v) is 10.8. The van der Waals surface area contributed by atoms with Gasteiger partial charge in [-0.15, -0.1) is 0 Å². The van der Waals surface area contributed by atoms with Crippen molar-refractivity contribution >= 4 is 40.5 Å². The molecule has 1 aliphatic carbocycles. The summed E-state index contributed by atoms with van der Waals surface area (Å²) in [6.07, 6.45) is 3.23. The molecule has 7 nitrogen and oxygen atoms in total. The van der Waals surface area contributed by atoms with E-state index in [1.165, 1.54) is 28.8 Å². The highest BCUT2D eigenvalue weighted by atomic mass is 19.3. The molecule has 2 N–H and O–H groups in total. The number of amides is 1. The van der Waals surface area contributed by atoms with E-state index in [0.29, 0.717) is 23.9 Å². The molecule has 2 aromatic heterocycles. The second kappa shape index (κ2) is 9.41. The van der Waals surface area contributed by atoms with Gasteiger partial charge in [0.2, 0.25) is 0 Å². The van der Waals surface area contributed by atoms with Crippen molar-refractivity contribution in [1.82, 2.24) is 19.4 Å². The molecule has 6 rings (SSSR count). The number of aryl methyl sites for hydroxylation is 1. The van der Waals surface area contributed by atoms with Crippen molar-refractivity contribution < 1.29 is 22.7 Å². The van der Waals surface area contributed by atoms with E-state index in [1.807, 2.05) is 13.0 Å². The number of aromatic nitrogens is 3. The molecule has 6 radical (unpaired) electrons. The van der Waals surface area contributed by atoms with E-state index in [2.05, 4.69) is 9.97 Å². The largest absolute Gasteiger partial charge is 0.433 e. The lowest BCUT2D eigenvalue weighted by Crippen LogP contribution is -2.54. The monoisotopic (exact) mass is 551 g/mol. The molecule has 202 valence electrons. The molecule has 1 amide bonds. The Morgan fingerprint density at radius 2 is 1.98 bits per heavy atom. The van der Waals surface area contributed by atoms with Crippen LogP contribution >= 0.6 is 0 Å². The van der Waals surface area contributed by atoms with Crippen molar-refractivity contribution in [3.8, 4) is 22.6 Å². The highest BCUT2D eigenvalue weighted by Gasteiger charge is 2.41. The normalized spacial score (nSPS) is 20.2. The Kier molecular flexibility index (Phi) is 6.30. The molecular weight excluding hydrogens is 528 g/mol. The Hall–Kier alpha value is -3.73. The standard InChI is InChI=1S/C28H23B3F3N5O2/c1-3-19-24-37-18-11-17(32)16(14-9-13-7-8-27(2,35)23(13)36-12-14)10-20(18)38(24)22-15(25(40)39(19)28(29,30)31)5-4-6-21(22)41-26(33)34/h4-6,9-12,19,26H,3,7-8,35H2,1-2H3/t19-,27-/m1/s1. The SMILES string of the molecule is [B]C([B])([B])N1C(=O)c2cccc(OC(F)F)c2-n2c(nc3cc(F)c(-c4cnc5c(c4)CC[C@@]5(C)N)cc32)[C@H]1CC. The number of imidazole rings is 1. The number of halogens is 3. The molecule has 3 heterocycles. The first kappa shape index (κ1) is 27.4. The molecule has 41 heavy (non-hydrogen) atoms. The Balaban J connectivity index is 1.66. The minimum absolute atomic E-state index is 0.0102. The third-order valence-electron chi connectivity index (χ3n) is 7.80. The first-order valence-electron chi connectivity index (χ1n) is 13.1. The zero-order valence-corrected chi connectivity index (χ0v) is 22.4. The predicted octanol–water partition coefficient (Wildman–Crippen LogP) is 3.97. The number of ether oxygens (including phenoxy) is 1. The van der Waals surface area contributed by atoms with Crippen molar-refractivity contribution in [1.29, 1.82) is 0 Å². The number of nitrogens with zero attached hydrogens (tertiary/aromatic N) is 4. The zero-order chi connectivity index (χ0) is 29.4. The van der Waals surface area contributed by atoms with Crippen LogP contribution in [0, 0.1) is 5.82 Å². The zero-order valence-electron chi connectivity index (χ0n) is 22.4. The molecule has 0 bridgehead atoms. The van der Waals surface area contributed by atoms with Crippen LogP contribution in [0.15, 0.2) is 42.6 Å². The number of hydrogen-bond donors (Lipinski definition) is 1. The van der Waals surface area contributed by atoms with Gasteiger partial charge >= 0.3 is 6.61 Å². The molecule has 1 aliphatic heterocycles. The van der Waals surface area contributed by atoms with Crippen molar-refractivity contribution in [3.05, 3.63) is 71.1 Å². The average Bonchev–Trinajstić information content (AvgIpc) is 3.37. The fourth-order valence-corrected chi connectivity index (χ4v) is 5.99. The average molecular weight is 551 g/mol. The third kappa shape index (κ3) is 4.32. The molecule has 0 spiro atoms. The van der Waals surface area contributed by atoms with Gasteiger partial charge in [-0.1, -0.05) is 18.2 Å². The topological polar surface area (TPSA) is 86.3 Å². The fourth-order valence-electron chi connectivity index (χ4n) is 5.99. The van der Waals surface area contributed by atoms with E-state index in [0.717, 1.165) is 16.2 Å². The van der Waals surface area contributed by atoms with Crippen LogP contribution in [0.3, 0.4) is 0 Å². The minimum atomic E-state index is -3.19. The summed E-state index contributed by atoms with van der Waals surface area (Å²) in [6.45, 7) is 0.483. The lowest BCUT2D eigenvalue weighted by molar-refractivity contribution is -0.0498. The number of alkyl halides is 2. The van der Waals surface area contributed by atoms with Gasteiger partial charge in [-0.05, 0) is 56.0 Å². The van der Waals surface area contributed by atoms with Crippen LogP contribution in [0.1, 0.15) is 60.2 Å². The van der Waals surface area contributed by atoms with Crippen LogP contribution < -0.4 is 10.5 Å². The molecule has 2 aromatic carbocycles. The third-order valence-corrected chi connectivity index (χ3v) is 7.80. The fraction of sp³-hybridized carbons (Fsp3) is 0.321. The Morgan fingerprint density at radius 3 is 2.66 bits per heavy atom. The van der Waals surface area contributed by atoms with Crippen LogP contribution in [0.5, 0.6) is 5.75 Å².